The van der Waals surface area contributed by atoms with Crippen LogP contribution >= 0.6 is 0 Å². The SMILES string of the molecule is CCc1ccc(-c2nc3c(N4CCN(Cc5ccc6c(c5)NC(Cc5cnc[nH]5)C(=O)N6)CC4)cccc3[nH]2)cc1. The van der Waals surface area contributed by atoms with Crippen LogP contribution in [0.25, 0.3) is 22.4 Å². The van der Waals surface area contributed by atoms with E-state index in [0.717, 1.165) is 78.6 Å². The van der Waals surface area contributed by atoms with Crippen molar-refractivity contribution in [2.24, 2.45) is 0 Å². The van der Waals surface area contributed by atoms with Gasteiger partial charge in [-0.25, -0.2) is 9.97 Å². The van der Waals surface area contributed by atoms with E-state index < -0.39 is 0 Å². The molecule has 1 atom stereocenters. The smallest absolute Gasteiger partial charge is 0.247 e. The zero-order chi connectivity index (χ0) is 27.8. The third-order valence-electron chi connectivity index (χ3n) is 8.21. The average molecular weight is 547 g/mol. The van der Waals surface area contributed by atoms with Crippen LogP contribution in [-0.4, -0.2) is 63.0 Å². The van der Waals surface area contributed by atoms with Crippen LogP contribution in [-0.2, 0) is 24.2 Å². The van der Waals surface area contributed by atoms with Gasteiger partial charge in [0.25, 0.3) is 0 Å². The summed E-state index contributed by atoms with van der Waals surface area (Å²) in [6.45, 7) is 6.86. The van der Waals surface area contributed by atoms with Crippen LogP contribution < -0.4 is 15.5 Å². The Morgan fingerprint density at radius 1 is 0.951 bits per heavy atom. The number of hydrogen-bond acceptors (Lipinski definition) is 6. The Labute approximate surface area is 239 Å². The molecule has 208 valence electrons. The lowest BCUT2D eigenvalue weighted by atomic mass is 10.0. The number of carbonyl (C=O) groups is 1. The molecule has 9 nitrogen and oxygen atoms in total. The monoisotopic (exact) mass is 546 g/mol. The van der Waals surface area contributed by atoms with E-state index in [1.54, 1.807) is 12.5 Å². The number of benzene rings is 3. The molecule has 2 aliphatic heterocycles. The summed E-state index contributed by atoms with van der Waals surface area (Å²) in [5, 5.41) is 6.48. The van der Waals surface area contributed by atoms with Crippen LogP contribution in [0.2, 0.25) is 0 Å². The topological polar surface area (TPSA) is 105 Å². The molecule has 0 radical (unpaired) electrons. The quantitative estimate of drug-likeness (QED) is 0.234. The number of carbonyl (C=O) groups excluding carboxylic acids is 1. The number of fused-ring (bicyclic) bond motifs is 2. The Balaban J connectivity index is 1.01. The number of aromatic amines is 2. The molecule has 1 amide bonds. The van der Waals surface area contributed by atoms with Crippen molar-refractivity contribution in [1.82, 2.24) is 24.8 Å². The number of rotatable bonds is 7. The number of H-pyrrole nitrogens is 2. The summed E-state index contributed by atoms with van der Waals surface area (Å²) in [5.74, 6) is 0.891. The van der Waals surface area contributed by atoms with E-state index in [2.05, 4.69) is 96.9 Å². The van der Waals surface area contributed by atoms with Gasteiger partial charge >= 0.3 is 0 Å². The van der Waals surface area contributed by atoms with Gasteiger partial charge in [-0.2, -0.15) is 0 Å². The Hall–Kier alpha value is -4.63. The fourth-order valence-corrected chi connectivity index (χ4v) is 5.86. The highest BCUT2D eigenvalue weighted by molar-refractivity contribution is 6.03. The molecule has 1 fully saturated rings. The maximum Gasteiger partial charge on any atom is 0.247 e. The van der Waals surface area contributed by atoms with Gasteiger partial charge in [-0.1, -0.05) is 43.3 Å². The summed E-state index contributed by atoms with van der Waals surface area (Å²) in [6.07, 6.45) is 5.00. The van der Waals surface area contributed by atoms with Gasteiger partial charge in [-0.05, 0) is 41.8 Å². The minimum atomic E-state index is -0.331. The molecule has 1 saturated heterocycles. The van der Waals surface area contributed by atoms with Crippen molar-refractivity contribution in [3.8, 4) is 11.4 Å². The normalized spacial score (nSPS) is 17.3. The van der Waals surface area contributed by atoms with Gasteiger partial charge in [0, 0.05) is 56.6 Å². The standard InChI is InChI=1S/C32H34N8O/c1-2-21-6-9-23(10-7-21)31-36-26-4-3-5-29(30(26)38-31)40-14-12-39(13-15-40)19-22-8-11-25-27(16-22)35-28(32(41)37-25)17-24-18-33-20-34-24/h3-11,16,18,20,28,35H,2,12-15,17,19H2,1H3,(H,33,34)(H,36,38)(H,37,41). The number of amides is 1. The third kappa shape index (κ3) is 5.16. The summed E-state index contributed by atoms with van der Waals surface area (Å²) in [7, 11) is 0. The van der Waals surface area contributed by atoms with E-state index in [-0.39, 0.29) is 11.9 Å². The highest BCUT2D eigenvalue weighted by Gasteiger charge is 2.27. The Bertz CT molecular complexity index is 1670. The fourth-order valence-electron chi connectivity index (χ4n) is 5.86. The average Bonchev–Trinajstić information content (AvgIpc) is 3.68. The molecule has 1 unspecified atom stereocenters. The number of anilines is 3. The number of nitrogens with one attached hydrogen (secondary N) is 4. The molecule has 5 aromatic rings. The van der Waals surface area contributed by atoms with Gasteiger partial charge < -0.3 is 25.5 Å². The van der Waals surface area contributed by atoms with Gasteiger partial charge in [0.2, 0.25) is 5.91 Å². The van der Waals surface area contributed by atoms with Crippen molar-refractivity contribution in [2.45, 2.75) is 32.4 Å². The van der Waals surface area contributed by atoms with Gasteiger partial charge in [-0.3, -0.25) is 9.69 Å². The second-order valence-corrected chi connectivity index (χ2v) is 10.9. The number of piperazine rings is 1. The van der Waals surface area contributed by atoms with Crippen molar-refractivity contribution in [2.75, 3.05) is 41.7 Å². The van der Waals surface area contributed by atoms with Crippen LogP contribution in [0.4, 0.5) is 17.1 Å². The Morgan fingerprint density at radius 2 is 1.78 bits per heavy atom. The first-order valence-corrected chi connectivity index (χ1v) is 14.4. The molecule has 2 aromatic heterocycles. The van der Waals surface area contributed by atoms with E-state index in [9.17, 15) is 4.79 Å². The van der Waals surface area contributed by atoms with Crippen LogP contribution in [0.15, 0.2) is 73.2 Å². The summed E-state index contributed by atoms with van der Waals surface area (Å²) >= 11 is 0. The molecule has 4 N–H and O–H groups in total. The predicted octanol–water partition coefficient (Wildman–Crippen LogP) is 4.81. The molecule has 0 saturated carbocycles. The van der Waals surface area contributed by atoms with E-state index in [1.807, 2.05) is 6.07 Å². The minimum Gasteiger partial charge on any atom is -0.372 e. The molecular weight excluding hydrogens is 512 g/mol. The molecule has 0 bridgehead atoms. The number of imidazole rings is 2. The van der Waals surface area contributed by atoms with Crippen LogP contribution in [0.5, 0.6) is 0 Å². The van der Waals surface area contributed by atoms with E-state index in [0.29, 0.717) is 6.42 Å². The van der Waals surface area contributed by atoms with E-state index in [1.165, 1.54) is 16.8 Å². The maximum atomic E-state index is 12.6. The van der Waals surface area contributed by atoms with E-state index >= 15 is 0 Å². The zero-order valence-electron chi connectivity index (χ0n) is 23.2. The van der Waals surface area contributed by atoms with Gasteiger partial charge in [0.15, 0.2) is 0 Å². The number of nitrogens with zero attached hydrogens (tertiary/aromatic N) is 4. The van der Waals surface area contributed by atoms with Gasteiger partial charge in [0.1, 0.15) is 17.4 Å². The zero-order valence-corrected chi connectivity index (χ0v) is 23.2. The van der Waals surface area contributed by atoms with Crippen molar-refractivity contribution in [3.05, 3.63) is 90.0 Å². The molecule has 9 heteroatoms. The lowest BCUT2D eigenvalue weighted by Gasteiger charge is -2.36. The van der Waals surface area contributed by atoms with Crippen LogP contribution in [0.1, 0.15) is 23.7 Å². The van der Waals surface area contributed by atoms with Crippen molar-refractivity contribution < 1.29 is 4.79 Å². The third-order valence-corrected chi connectivity index (χ3v) is 8.21. The largest absolute Gasteiger partial charge is 0.372 e. The molecule has 3 aromatic carbocycles. The maximum absolute atomic E-state index is 12.6. The lowest BCUT2D eigenvalue weighted by Crippen LogP contribution is -2.46. The molecule has 2 aliphatic rings. The fraction of sp³-hybridized carbons (Fsp3) is 0.281. The van der Waals surface area contributed by atoms with Crippen molar-refractivity contribution in [1.29, 1.82) is 0 Å². The number of hydrogen-bond donors (Lipinski definition) is 4. The molecule has 7 rings (SSSR count). The lowest BCUT2D eigenvalue weighted by molar-refractivity contribution is -0.117. The predicted molar refractivity (Wildman–Crippen MR) is 163 cm³/mol. The molecule has 41 heavy (non-hydrogen) atoms. The molecular formula is C32H34N8O. The first kappa shape index (κ1) is 25.3. The van der Waals surface area contributed by atoms with E-state index in [4.69, 9.17) is 4.98 Å². The van der Waals surface area contributed by atoms with Crippen molar-refractivity contribution in [3.63, 3.8) is 0 Å². The Morgan fingerprint density at radius 3 is 2.56 bits per heavy atom. The molecule has 0 spiro atoms. The number of aryl methyl sites for hydroxylation is 1. The minimum absolute atomic E-state index is 0.0237. The highest BCUT2D eigenvalue weighted by Crippen LogP contribution is 2.31. The summed E-state index contributed by atoms with van der Waals surface area (Å²) < 4.78 is 0. The molecule has 4 heterocycles. The second-order valence-electron chi connectivity index (χ2n) is 10.9. The van der Waals surface area contributed by atoms with Crippen molar-refractivity contribution >= 4 is 34.0 Å². The summed E-state index contributed by atoms with van der Waals surface area (Å²) in [5.41, 5.74) is 9.69. The number of para-hydroxylation sites is 1. The van der Waals surface area contributed by atoms with Gasteiger partial charge in [0.05, 0.1) is 28.9 Å². The first-order chi connectivity index (χ1) is 20.1. The van der Waals surface area contributed by atoms with Crippen LogP contribution in [0.3, 0.4) is 0 Å². The summed E-state index contributed by atoms with van der Waals surface area (Å²) in [6, 6.07) is 21.0. The van der Waals surface area contributed by atoms with Crippen LogP contribution in [0, 0.1) is 0 Å². The Kier molecular flexibility index (Phi) is 6.64. The summed E-state index contributed by atoms with van der Waals surface area (Å²) in [4.78, 5) is 33.2. The number of aromatic nitrogens is 4. The van der Waals surface area contributed by atoms with Gasteiger partial charge in [-0.15, -0.1) is 0 Å². The first-order valence-electron chi connectivity index (χ1n) is 14.4. The molecule has 0 aliphatic carbocycles. The second kappa shape index (κ2) is 10.7. The highest BCUT2D eigenvalue weighted by atomic mass is 16.2.